The number of aryl methyl sites for hydroxylation is 1. The van der Waals surface area contributed by atoms with Crippen molar-refractivity contribution in [1.82, 2.24) is 4.98 Å². The van der Waals surface area contributed by atoms with Gasteiger partial charge in [0.2, 0.25) is 5.88 Å². The summed E-state index contributed by atoms with van der Waals surface area (Å²) in [7, 11) is 3.14. The Morgan fingerprint density at radius 2 is 1.50 bits per heavy atom. The van der Waals surface area contributed by atoms with Crippen molar-refractivity contribution in [2.75, 3.05) is 14.2 Å². The van der Waals surface area contributed by atoms with Gasteiger partial charge in [-0.15, -0.1) is 0 Å². The predicted octanol–water partition coefficient (Wildman–Crippen LogP) is 7.21. The van der Waals surface area contributed by atoms with Gasteiger partial charge in [-0.05, 0) is 65.4 Å². The molecule has 5 rings (SSSR count). The molecular weight excluding hydrogens is 521 g/mol. The molecule has 0 radical (unpaired) electrons. The van der Waals surface area contributed by atoms with E-state index in [-0.39, 0.29) is 13.2 Å². The quantitative estimate of drug-likeness (QED) is 0.255. The van der Waals surface area contributed by atoms with Crippen molar-refractivity contribution in [2.45, 2.75) is 26.1 Å². The fourth-order valence-electron chi connectivity index (χ4n) is 4.96. The Morgan fingerprint density at radius 1 is 0.789 bits per heavy atom. The number of benzene rings is 3. The summed E-state index contributed by atoms with van der Waals surface area (Å²) >= 11 is 13.9. The normalized spacial score (nSPS) is 13.6. The molecule has 38 heavy (non-hydrogen) atoms. The summed E-state index contributed by atoms with van der Waals surface area (Å²) in [5.41, 5.74) is 8.76. The zero-order valence-electron chi connectivity index (χ0n) is 21.1. The third kappa shape index (κ3) is 4.79. The van der Waals surface area contributed by atoms with Gasteiger partial charge in [0.15, 0.2) is 0 Å². The highest BCUT2D eigenvalue weighted by Gasteiger charge is 2.21. The Labute approximate surface area is 231 Å². The Morgan fingerprint density at radius 3 is 2.21 bits per heavy atom. The zero-order valence-corrected chi connectivity index (χ0v) is 22.6. The standard InChI is InChI=1S/C31H27Cl2NO4/c1-37-28-15-26-18(9-10-19(26)14-22(28)17-36)13-20-5-3-6-23(29(20)32)24-7-4-8-25(30(24)33)27-12-11-21(16-35)31(34-27)38-2/h3-8,11-15,35-36H,9-10,16-17H2,1-2H3. The first-order valence-corrected chi connectivity index (χ1v) is 13.0. The first-order chi connectivity index (χ1) is 18.5. The molecule has 4 aromatic rings. The molecule has 1 aromatic heterocycles. The molecule has 0 atom stereocenters. The van der Waals surface area contributed by atoms with Crippen LogP contribution in [0.15, 0.2) is 60.7 Å². The van der Waals surface area contributed by atoms with Crippen LogP contribution in [0.1, 0.15) is 34.2 Å². The van der Waals surface area contributed by atoms with E-state index in [9.17, 15) is 10.2 Å². The maximum Gasteiger partial charge on any atom is 0.219 e. The number of hydrogen-bond donors (Lipinski definition) is 2. The molecule has 0 saturated carbocycles. The fourth-order valence-corrected chi connectivity index (χ4v) is 5.57. The average molecular weight is 548 g/mol. The van der Waals surface area contributed by atoms with Crippen molar-refractivity contribution in [3.63, 3.8) is 0 Å². The van der Waals surface area contributed by atoms with E-state index >= 15 is 0 Å². The number of ether oxygens (including phenoxy) is 2. The van der Waals surface area contributed by atoms with E-state index in [1.165, 1.54) is 18.2 Å². The second-order valence-electron chi connectivity index (χ2n) is 9.05. The summed E-state index contributed by atoms with van der Waals surface area (Å²) in [4.78, 5) is 4.55. The summed E-state index contributed by atoms with van der Waals surface area (Å²) < 4.78 is 10.8. The van der Waals surface area contributed by atoms with Gasteiger partial charge in [-0.25, -0.2) is 4.98 Å². The van der Waals surface area contributed by atoms with Crippen LogP contribution in [-0.4, -0.2) is 29.4 Å². The van der Waals surface area contributed by atoms with Crippen LogP contribution in [0.5, 0.6) is 11.6 Å². The number of halogens is 2. The van der Waals surface area contributed by atoms with Crippen LogP contribution in [0.3, 0.4) is 0 Å². The minimum atomic E-state index is -0.165. The van der Waals surface area contributed by atoms with Crippen LogP contribution in [0.25, 0.3) is 34.0 Å². The van der Waals surface area contributed by atoms with Crippen molar-refractivity contribution in [3.05, 3.63) is 98.5 Å². The molecule has 0 saturated heterocycles. The monoisotopic (exact) mass is 547 g/mol. The molecule has 194 valence electrons. The Hall–Kier alpha value is -3.35. The number of nitrogens with zero attached hydrogens (tertiary/aromatic N) is 1. The molecule has 1 aliphatic rings. The fraction of sp³-hybridized carbons (Fsp3) is 0.194. The lowest BCUT2D eigenvalue weighted by molar-refractivity contribution is 0.271. The topological polar surface area (TPSA) is 71.8 Å². The molecule has 0 amide bonds. The number of aromatic nitrogens is 1. The Balaban J connectivity index is 1.56. The van der Waals surface area contributed by atoms with Gasteiger partial charge in [0.1, 0.15) is 5.75 Å². The first kappa shape index (κ1) is 26.3. The number of allylic oxidation sites excluding steroid dienone is 1. The minimum Gasteiger partial charge on any atom is -0.496 e. The summed E-state index contributed by atoms with van der Waals surface area (Å²) in [5, 5.41) is 20.3. The predicted molar refractivity (Wildman–Crippen MR) is 153 cm³/mol. The van der Waals surface area contributed by atoms with Crippen molar-refractivity contribution in [1.29, 1.82) is 0 Å². The van der Waals surface area contributed by atoms with Crippen molar-refractivity contribution < 1.29 is 19.7 Å². The van der Waals surface area contributed by atoms with E-state index in [4.69, 9.17) is 32.7 Å². The maximum atomic E-state index is 9.68. The second-order valence-corrected chi connectivity index (χ2v) is 9.80. The maximum absolute atomic E-state index is 9.68. The molecule has 2 N–H and O–H groups in total. The highest BCUT2D eigenvalue weighted by atomic mass is 35.5. The molecule has 5 nitrogen and oxygen atoms in total. The van der Waals surface area contributed by atoms with Crippen molar-refractivity contribution in [2.24, 2.45) is 0 Å². The smallest absolute Gasteiger partial charge is 0.219 e. The van der Waals surface area contributed by atoms with Gasteiger partial charge in [-0.3, -0.25) is 0 Å². The highest BCUT2D eigenvalue weighted by molar-refractivity contribution is 6.38. The molecule has 0 bridgehead atoms. The summed E-state index contributed by atoms with van der Waals surface area (Å²) in [6.45, 7) is -0.223. The van der Waals surface area contributed by atoms with Crippen LogP contribution in [0.2, 0.25) is 10.0 Å². The number of pyridine rings is 1. The second kappa shape index (κ2) is 11.2. The number of fused-ring (bicyclic) bond motifs is 1. The van der Waals surface area contributed by atoms with Gasteiger partial charge < -0.3 is 19.7 Å². The largest absolute Gasteiger partial charge is 0.496 e. The number of methoxy groups -OCH3 is 2. The van der Waals surface area contributed by atoms with Gasteiger partial charge in [0.05, 0.1) is 43.2 Å². The lowest BCUT2D eigenvalue weighted by Gasteiger charge is -2.14. The van der Waals surface area contributed by atoms with E-state index in [0.717, 1.165) is 46.2 Å². The molecular formula is C31H27Cl2NO4. The number of aliphatic hydroxyl groups is 2. The zero-order chi connectivity index (χ0) is 26.8. The van der Waals surface area contributed by atoms with Crippen LogP contribution < -0.4 is 9.47 Å². The molecule has 0 fully saturated rings. The molecule has 0 unspecified atom stereocenters. The molecule has 7 heteroatoms. The van der Waals surface area contributed by atoms with E-state index < -0.39 is 0 Å². The highest BCUT2D eigenvalue weighted by Crippen LogP contribution is 2.42. The third-order valence-corrected chi connectivity index (χ3v) is 7.74. The number of aliphatic hydroxyl groups excluding tert-OH is 2. The van der Waals surface area contributed by atoms with Crippen LogP contribution >= 0.6 is 23.2 Å². The van der Waals surface area contributed by atoms with E-state index in [1.807, 2.05) is 54.6 Å². The summed E-state index contributed by atoms with van der Waals surface area (Å²) in [5.74, 6) is 1.04. The molecule has 0 aliphatic heterocycles. The van der Waals surface area contributed by atoms with E-state index in [2.05, 4.69) is 11.1 Å². The molecule has 1 aliphatic carbocycles. The lowest BCUT2D eigenvalue weighted by Crippen LogP contribution is -1.97. The first-order valence-electron chi connectivity index (χ1n) is 12.2. The summed E-state index contributed by atoms with van der Waals surface area (Å²) in [6.07, 6.45) is 3.89. The van der Waals surface area contributed by atoms with Gasteiger partial charge >= 0.3 is 0 Å². The van der Waals surface area contributed by atoms with Crippen LogP contribution in [0.4, 0.5) is 0 Å². The summed E-state index contributed by atoms with van der Waals surface area (Å²) in [6, 6.07) is 19.3. The van der Waals surface area contributed by atoms with E-state index in [1.54, 1.807) is 13.2 Å². The van der Waals surface area contributed by atoms with Gasteiger partial charge in [-0.2, -0.15) is 0 Å². The minimum absolute atomic E-state index is 0.0585. The van der Waals surface area contributed by atoms with Gasteiger partial charge in [-0.1, -0.05) is 59.6 Å². The Kier molecular flexibility index (Phi) is 7.73. The lowest BCUT2D eigenvalue weighted by atomic mass is 9.97. The molecule has 0 spiro atoms. The van der Waals surface area contributed by atoms with Gasteiger partial charge in [0.25, 0.3) is 0 Å². The van der Waals surface area contributed by atoms with Gasteiger partial charge in [0, 0.05) is 27.8 Å². The van der Waals surface area contributed by atoms with Crippen LogP contribution in [0, 0.1) is 0 Å². The molecule has 1 heterocycles. The third-order valence-electron chi connectivity index (χ3n) is 6.91. The van der Waals surface area contributed by atoms with Crippen LogP contribution in [-0.2, 0) is 19.6 Å². The SMILES string of the molecule is COc1cc2c(cc1CO)CCC2=Cc1cccc(-c2cccc(-c3ccc(CO)c(OC)n3)c2Cl)c1Cl. The molecule has 3 aromatic carbocycles. The van der Waals surface area contributed by atoms with Crippen molar-refractivity contribution >= 4 is 34.9 Å². The van der Waals surface area contributed by atoms with E-state index in [0.29, 0.717) is 32.9 Å². The van der Waals surface area contributed by atoms with Crippen molar-refractivity contribution in [3.8, 4) is 34.0 Å². The number of hydrogen-bond acceptors (Lipinski definition) is 5. The number of rotatable bonds is 7. The Bertz CT molecular complexity index is 1550. The average Bonchev–Trinajstić information content (AvgIpc) is 3.34.